The van der Waals surface area contributed by atoms with Gasteiger partial charge in [0.1, 0.15) is 0 Å². The van der Waals surface area contributed by atoms with Crippen molar-refractivity contribution in [3.05, 3.63) is 23.0 Å². The predicted molar refractivity (Wildman–Crippen MR) is 122 cm³/mol. The van der Waals surface area contributed by atoms with E-state index >= 15 is 0 Å². The number of pyridine rings is 1. The largest absolute Gasteiger partial charge is 0.349 e. The van der Waals surface area contributed by atoms with Crippen molar-refractivity contribution in [2.45, 2.75) is 76.8 Å². The summed E-state index contributed by atoms with van der Waals surface area (Å²) in [7, 11) is -3.04. The molecule has 32 heavy (non-hydrogen) atoms. The molecule has 4 fully saturated rings. The second-order valence-electron chi connectivity index (χ2n) is 10.8. The van der Waals surface area contributed by atoms with Crippen molar-refractivity contribution in [2.75, 3.05) is 11.5 Å². The maximum absolute atomic E-state index is 13.5. The van der Waals surface area contributed by atoms with Crippen LogP contribution in [0.2, 0.25) is 0 Å². The highest BCUT2D eigenvalue weighted by Crippen LogP contribution is 2.49. The third-order valence-corrected chi connectivity index (χ3v) is 10.2. The molecule has 2 aromatic rings. The van der Waals surface area contributed by atoms with Crippen LogP contribution in [0.3, 0.4) is 0 Å². The SMILES string of the molecule is Cc1nn([C@@H]2CCS(=O)(=O)C2)c2nc(C3CC3)cc(C(=O)N[C@H](C)[C@H]3C[C@H]4CC[C@H]3C4)c12. The lowest BCUT2D eigenvalue weighted by Gasteiger charge is -2.28. The van der Waals surface area contributed by atoms with Crippen molar-refractivity contribution >= 4 is 26.8 Å². The Morgan fingerprint density at radius 1 is 1.19 bits per heavy atom. The van der Waals surface area contributed by atoms with Gasteiger partial charge in [0.15, 0.2) is 15.5 Å². The second kappa shape index (κ2) is 7.27. The van der Waals surface area contributed by atoms with Crippen LogP contribution in [0.25, 0.3) is 11.0 Å². The average Bonchev–Trinajstić information content (AvgIpc) is 3.06. The zero-order chi connectivity index (χ0) is 22.2. The lowest BCUT2D eigenvalue weighted by molar-refractivity contribution is 0.0916. The first-order valence-electron chi connectivity index (χ1n) is 12.2. The zero-order valence-electron chi connectivity index (χ0n) is 18.9. The summed E-state index contributed by atoms with van der Waals surface area (Å²) >= 11 is 0. The molecule has 3 aliphatic carbocycles. The number of fused-ring (bicyclic) bond motifs is 3. The molecule has 2 bridgehead atoms. The Morgan fingerprint density at radius 2 is 2.00 bits per heavy atom. The van der Waals surface area contributed by atoms with Crippen LogP contribution < -0.4 is 5.32 Å². The molecule has 3 heterocycles. The fraction of sp³-hybridized carbons (Fsp3) is 0.708. The van der Waals surface area contributed by atoms with Crippen LogP contribution in [0, 0.1) is 24.7 Å². The van der Waals surface area contributed by atoms with Gasteiger partial charge < -0.3 is 5.32 Å². The molecule has 0 aromatic carbocycles. The first-order chi connectivity index (χ1) is 15.3. The van der Waals surface area contributed by atoms with Gasteiger partial charge in [-0.15, -0.1) is 0 Å². The predicted octanol–water partition coefficient (Wildman–Crippen LogP) is 3.53. The number of aryl methyl sites for hydroxylation is 1. The van der Waals surface area contributed by atoms with E-state index in [2.05, 4.69) is 12.2 Å². The van der Waals surface area contributed by atoms with E-state index in [1.807, 2.05) is 13.0 Å². The molecule has 0 spiro atoms. The summed E-state index contributed by atoms with van der Waals surface area (Å²) in [6.45, 7) is 4.06. The van der Waals surface area contributed by atoms with E-state index in [0.717, 1.165) is 41.5 Å². The summed E-state index contributed by atoms with van der Waals surface area (Å²) in [6.07, 6.45) is 7.95. The van der Waals surface area contributed by atoms with Crippen LogP contribution >= 0.6 is 0 Å². The normalized spacial score (nSPS) is 31.9. The van der Waals surface area contributed by atoms with Crippen LogP contribution in [-0.2, 0) is 9.84 Å². The van der Waals surface area contributed by atoms with E-state index in [1.165, 1.54) is 25.7 Å². The summed E-state index contributed by atoms with van der Waals surface area (Å²) in [5, 5.41) is 8.79. The first kappa shape index (κ1) is 20.6. The Kier molecular flexibility index (Phi) is 4.69. The van der Waals surface area contributed by atoms with Crippen molar-refractivity contribution in [3.8, 4) is 0 Å². The van der Waals surface area contributed by atoms with Gasteiger partial charge in [-0.3, -0.25) is 4.79 Å². The molecule has 8 heteroatoms. The lowest BCUT2D eigenvalue weighted by Crippen LogP contribution is -2.40. The Bertz CT molecular complexity index is 1200. The average molecular weight is 457 g/mol. The molecule has 0 unspecified atom stereocenters. The highest BCUT2D eigenvalue weighted by Gasteiger charge is 2.42. The number of amides is 1. The maximum atomic E-state index is 13.5. The van der Waals surface area contributed by atoms with Crippen molar-refractivity contribution in [1.82, 2.24) is 20.1 Å². The van der Waals surface area contributed by atoms with Crippen molar-refractivity contribution in [2.24, 2.45) is 17.8 Å². The lowest BCUT2D eigenvalue weighted by atomic mass is 9.84. The number of aromatic nitrogens is 3. The number of carbonyl (C=O) groups excluding carboxylic acids is 1. The van der Waals surface area contributed by atoms with Crippen LogP contribution in [-0.4, -0.2) is 46.6 Å². The summed E-state index contributed by atoms with van der Waals surface area (Å²) in [6, 6.07) is 1.91. The van der Waals surface area contributed by atoms with Gasteiger partial charge in [-0.05, 0) is 76.2 Å². The Hall–Kier alpha value is -1.96. The molecule has 4 aliphatic rings. The molecule has 7 nitrogen and oxygen atoms in total. The van der Waals surface area contributed by atoms with E-state index in [1.54, 1.807) is 4.68 Å². The smallest absolute Gasteiger partial charge is 0.252 e. The van der Waals surface area contributed by atoms with Crippen molar-refractivity contribution in [3.63, 3.8) is 0 Å². The third kappa shape index (κ3) is 3.45. The number of hydrogen-bond donors (Lipinski definition) is 1. The maximum Gasteiger partial charge on any atom is 0.252 e. The molecule has 1 aliphatic heterocycles. The standard InChI is InChI=1S/C24H32N4O3S/c1-13(19-10-15-3-4-17(19)9-15)25-24(29)20-11-21(16-5-6-16)26-23-22(20)14(2)27-28(23)18-7-8-32(30,31)12-18/h11,13,15-19H,3-10,12H2,1-2H3,(H,25,29)/t13-,15+,17+,18-,19-/m1/s1. The van der Waals surface area contributed by atoms with Gasteiger partial charge in [0.25, 0.3) is 5.91 Å². The molecular weight excluding hydrogens is 424 g/mol. The van der Waals surface area contributed by atoms with E-state index in [9.17, 15) is 13.2 Å². The summed E-state index contributed by atoms with van der Waals surface area (Å²) in [4.78, 5) is 18.4. The summed E-state index contributed by atoms with van der Waals surface area (Å²) in [5.74, 6) is 2.81. The Balaban J connectivity index is 1.36. The minimum absolute atomic E-state index is 0.0451. The first-order valence-corrected chi connectivity index (χ1v) is 14.0. The number of carbonyl (C=O) groups is 1. The van der Waals surface area contributed by atoms with Gasteiger partial charge in [-0.25, -0.2) is 18.1 Å². The van der Waals surface area contributed by atoms with Crippen LogP contribution in [0.4, 0.5) is 0 Å². The number of rotatable bonds is 5. The number of nitrogens with one attached hydrogen (secondary N) is 1. The number of hydrogen-bond acceptors (Lipinski definition) is 5. The molecule has 3 saturated carbocycles. The molecule has 0 radical (unpaired) electrons. The van der Waals surface area contributed by atoms with Crippen LogP contribution in [0.1, 0.15) is 85.6 Å². The summed E-state index contributed by atoms with van der Waals surface area (Å²) < 4.78 is 26.0. The zero-order valence-corrected chi connectivity index (χ0v) is 19.7. The van der Waals surface area contributed by atoms with Gasteiger partial charge in [-0.2, -0.15) is 5.10 Å². The highest BCUT2D eigenvalue weighted by molar-refractivity contribution is 7.91. The fourth-order valence-corrected chi connectivity index (χ4v) is 8.31. The topological polar surface area (TPSA) is 93.9 Å². The van der Waals surface area contributed by atoms with E-state index < -0.39 is 9.84 Å². The quantitative estimate of drug-likeness (QED) is 0.743. The molecular formula is C24H32N4O3S. The van der Waals surface area contributed by atoms with Gasteiger partial charge in [0.2, 0.25) is 0 Å². The number of sulfone groups is 1. The molecule has 1 N–H and O–H groups in total. The van der Waals surface area contributed by atoms with Gasteiger partial charge in [0.05, 0.1) is 34.2 Å². The molecule has 6 rings (SSSR count). The Labute approximate surface area is 189 Å². The van der Waals surface area contributed by atoms with Crippen molar-refractivity contribution in [1.29, 1.82) is 0 Å². The number of nitrogens with zero attached hydrogens (tertiary/aromatic N) is 3. The van der Waals surface area contributed by atoms with Gasteiger partial charge in [0, 0.05) is 17.7 Å². The van der Waals surface area contributed by atoms with Crippen LogP contribution in [0.5, 0.6) is 0 Å². The minimum atomic E-state index is -3.04. The molecule has 5 atom stereocenters. The molecule has 172 valence electrons. The third-order valence-electron chi connectivity index (χ3n) is 8.45. The van der Waals surface area contributed by atoms with E-state index in [-0.39, 0.29) is 29.5 Å². The molecule has 1 saturated heterocycles. The minimum Gasteiger partial charge on any atom is -0.349 e. The van der Waals surface area contributed by atoms with Crippen molar-refractivity contribution < 1.29 is 13.2 Å². The molecule has 2 aromatic heterocycles. The highest BCUT2D eigenvalue weighted by atomic mass is 32.2. The molecule has 1 amide bonds. The Morgan fingerprint density at radius 3 is 2.62 bits per heavy atom. The van der Waals surface area contributed by atoms with Crippen LogP contribution in [0.15, 0.2) is 6.07 Å². The second-order valence-corrected chi connectivity index (χ2v) is 13.0. The summed E-state index contributed by atoms with van der Waals surface area (Å²) in [5.41, 5.74) is 3.01. The monoisotopic (exact) mass is 456 g/mol. The van der Waals surface area contributed by atoms with Gasteiger partial charge >= 0.3 is 0 Å². The van der Waals surface area contributed by atoms with Gasteiger partial charge in [-0.1, -0.05) is 6.42 Å². The fourth-order valence-electron chi connectivity index (χ4n) is 6.62. The van der Waals surface area contributed by atoms with E-state index in [4.69, 9.17) is 10.1 Å². The van der Waals surface area contributed by atoms with E-state index in [0.29, 0.717) is 29.5 Å².